The number of fused-ring (bicyclic) bond motifs is 1. The van der Waals surface area contributed by atoms with Gasteiger partial charge in [-0.3, -0.25) is 4.79 Å². The summed E-state index contributed by atoms with van der Waals surface area (Å²) in [6, 6.07) is 10.3. The zero-order valence-corrected chi connectivity index (χ0v) is 17.7. The Morgan fingerprint density at radius 1 is 1.16 bits per heavy atom. The minimum Gasteiger partial charge on any atom is -0.355 e. The Morgan fingerprint density at radius 3 is 2.50 bits per heavy atom. The predicted molar refractivity (Wildman–Crippen MR) is 111 cm³/mol. The van der Waals surface area contributed by atoms with E-state index in [4.69, 9.17) is 0 Å². The number of aromatic nitrogens is 2. The number of benzene rings is 2. The van der Waals surface area contributed by atoms with Crippen molar-refractivity contribution in [3.8, 4) is 0 Å². The summed E-state index contributed by atoms with van der Waals surface area (Å²) in [5.74, 6) is -0.362. The van der Waals surface area contributed by atoms with Crippen molar-refractivity contribution in [3.63, 3.8) is 0 Å². The molecular formula is C21H19F3N4O3S. The summed E-state index contributed by atoms with van der Waals surface area (Å²) in [5, 5.41) is 2.89. The molecule has 7 nitrogen and oxygen atoms in total. The molecule has 168 valence electrons. The number of aromatic amines is 1. The first-order chi connectivity index (χ1) is 15.0. The Hall–Kier alpha value is -3.34. The van der Waals surface area contributed by atoms with Crippen molar-refractivity contribution in [1.82, 2.24) is 14.9 Å². The maximum absolute atomic E-state index is 12.8. The van der Waals surface area contributed by atoms with Crippen LogP contribution in [0.2, 0.25) is 0 Å². The standard InChI is InChI=1S/C21H19F3N4O3S/c1-32(30,31)20-25-11-18(27-20)19(29)28-10-9-16-13(12-28)3-2-4-17(16)26-15-7-5-14(6-8-15)21(22,23)24/h2-8,11,26H,9-10,12H2,1H3,(H,25,27). The topological polar surface area (TPSA) is 95.2 Å². The Labute approximate surface area is 182 Å². The van der Waals surface area contributed by atoms with Crippen LogP contribution in [0, 0.1) is 0 Å². The fourth-order valence-electron chi connectivity index (χ4n) is 3.57. The van der Waals surface area contributed by atoms with Gasteiger partial charge >= 0.3 is 6.18 Å². The molecule has 2 N–H and O–H groups in total. The van der Waals surface area contributed by atoms with Crippen molar-refractivity contribution < 1.29 is 26.4 Å². The number of hydrogen-bond acceptors (Lipinski definition) is 5. The Morgan fingerprint density at radius 2 is 1.88 bits per heavy atom. The second-order valence-corrected chi connectivity index (χ2v) is 9.43. The highest BCUT2D eigenvalue weighted by molar-refractivity contribution is 7.90. The van der Waals surface area contributed by atoms with E-state index >= 15 is 0 Å². The van der Waals surface area contributed by atoms with Crippen LogP contribution in [0.3, 0.4) is 0 Å². The number of anilines is 2. The van der Waals surface area contributed by atoms with Crippen molar-refractivity contribution in [3.05, 3.63) is 71.0 Å². The first kappa shape index (κ1) is 21.9. The lowest BCUT2D eigenvalue weighted by Gasteiger charge is -2.30. The lowest BCUT2D eigenvalue weighted by atomic mass is 9.97. The molecule has 0 saturated carbocycles. The van der Waals surface area contributed by atoms with Crippen molar-refractivity contribution >= 4 is 27.1 Å². The molecular weight excluding hydrogens is 445 g/mol. The van der Waals surface area contributed by atoms with Gasteiger partial charge in [0.25, 0.3) is 5.91 Å². The highest BCUT2D eigenvalue weighted by Crippen LogP contribution is 2.32. The van der Waals surface area contributed by atoms with Crippen LogP contribution in [0.1, 0.15) is 27.2 Å². The number of alkyl halides is 3. The third-order valence-corrected chi connectivity index (χ3v) is 6.09. The fourth-order valence-corrected chi connectivity index (χ4v) is 4.11. The van der Waals surface area contributed by atoms with Crippen LogP contribution in [-0.2, 0) is 29.0 Å². The molecule has 4 rings (SSSR count). The Bertz CT molecular complexity index is 1270. The molecule has 3 aromatic rings. The Balaban J connectivity index is 1.51. The van der Waals surface area contributed by atoms with Gasteiger partial charge in [0, 0.05) is 30.7 Å². The van der Waals surface area contributed by atoms with E-state index in [2.05, 4.69) is 15.3 Å². The number of halogens is 3. The molecule has 1 aliphatic heterocycles. The number of nitrogens with zero attached hydrogens (tertiary/aromatic N) is 2. The number of sulfone groups is 1. The second-order valence-electron chi connectivity index (χ2n) is 7.49. The number of carbonyl (C=O) groups excluding carboxylic acids is 1. The molecule has 2 heterocycles. The fraction of sp³-hybridized carbons (Fsp3) is 0.238. The molecule has 0 fully saturated rings. The Kier molecular flexibility index (Phi) is 5.45. The van der Waals surface area contributed by atoms with Crippen LogP contribution in [0.4, 0.5) is 24.5 Å². The number of hydrogen-bond donors (Lipinski definition) is 2. The third kappa shape index (κ3) is 4.47. The summed E-state index contributed by atoms with van der Waals surface area (Å²) in [4.78, 5) is 20.7. The molecule has 0 atom stereocenters. The van der Waals surface area contributed by atoms with Gasteiger partial charge in [0.1, 0.15) is 5.69 Å². The lowest BCUT2D eigenvalue weighted by molar-refractivity contribution is -0.137. The molecule has 0 aliphatic carbocycles. The van der Waals surface area contributed by atoms with Gasteiger partial charge < -0.3 is 15.2 Å². The second kappa shape index (κ2) is 7.97. The van der Waals surface area contributed by atoms with Gasteiger partial charge in [0.2, 0.25) is 15.0 Å². The largest absolute Gasteiger partial charge is 0.416 e. The molecule has 0 bridgehead atoms. The van der Waals surface area contributed by atoms with E-state index in [0.717, 1.165) is 35.2 Å². The van der Waals surface area contributed by atoms with E-state index in [9.17, 15) is 26.4 Å². The summed E-state index contributed by atoms with van der Waals surface area (Å²) in [5.41, 5.74) is 2.52. The third-order valence-electron chi connectivity index (χ3n) is 5.18. The molecule has 1 aliphatic rings. The summed E-state index contributed by atoms with van der Waals surface area (Å²) in [6.45, 7) is 0.703. The van der Waals surface area contributed by atoms with Gasteiger partial charge in [-0.25, -0.2) is 13.4 Å². The molecule has 0 unspecified atom stereocenters. The van der Waals surface area contributed by atoms with Crippen molar-refractivity contribution in [1.29, 1.82) is 0 Å². The van der Waals surface area contributed by atoms with E-state index in [-0.39, 0.29) is 16.8 Å². The monoisotopic (exact) mass is 464 g/mol. The minimum absolute atomic E-state index is 0.0907. The number of rotatable bonds is 4. The van der Waals surface area contributed by atoms with Crippen LogP contribution >= 0.6 is 0 Å². The van der Waals surface area contributed by atoms with Crippen LogP contribution in [-0.4, -0.2) is 42.0 Å². The van der Waals surface area contributed by atoms with Gasteiger partial charge in [-0.2, -0.15) is 13.2 Å². The molecule has 32 heavy (non-hydrogen) atoms. The van der Waals surface area contributed by atoms with Gasteiger partial charge in [0.05, 0.1) is 11.8 Å². The highest BCUT2D eigenvalue weighted by Gasteiger charge is 2.30. The lowest BCUT2D eigenvalue weighted by Crippen LogP contribution is -2.36. The molecule has 1 amide bonds. The van der Waals surface area contributed by atoms with Crippen LogP contribution in [0.15, 0.2) is 53.8 Å². The first-order valence-electron chi connectivity index (χ1n) is 9.62. The average Bonchev–Trinajstić information content (AvgIpc) is 3.24. The van der Waals surface area contributed by atoms with Crippen LogP contribution < -0.4 is 5.32 Å². The summed E-state index contributed by atoms with van der Waals surface area (Å²) < 4.78 is 61.5. The summed E-state index contributed by atoms with van der Waals surface area (Å²) >= 11 is 0. The van der Waals surface area contributed by atoms with Gasteiger partial charge in [-0.05, 0) is 47.9 Å². The quantitative estimate of drug-likeness (QED) is 0.613. The number of amides is 1. The zero-order valence-electron chi connectivity index (χ0n) is 16.9. The number of nitrogens with one attached hydrogen (secondary N) is 2. The van der Waals surface area contributed by atoms with Crippen molar-refractivity contribution in [2.24, 2.45) is 0 Å². The molecule has 0 spiro atoms. The van der Waals surface area contributed by atoms with E-state index < -0.39 is 21.6 Å². The van der Waals surface area contributed by atoms with Crippen LogP contribution in [0.25, 0.3) is 0 Å². The molecule has 11 heteroatoms. The molecule has 1 aromatic heterocycles. The number of H-pyrrole nitrogens is 1. The zero-order chi connectivity index (χ0) is 23.1. The van der Waals surface area contributed by atoms with Gasteiger partial charge in [0.15, 0.2) is 0 Å². The maximum Gasteiger partial charge on any atom is 0.416 e. The number of carbonyl (C=O) groups is 1. The smallest absolute Gasteiger partial charge is 0.355 e. The predicted octanol–water partition coefficient (Wildman–Crippen LogP) is 3.77. The normalized spacial score (nSPS) is 14.2. The maximum atomic E-state index is 12.8. The highest BCUT2D eigenvalue weighted by atomic mass is 32.2. The average molecular weight is 464 g/mol. The van der Waals surface area contributed by atoms with E-state index in [1.54, 1.807) is 11.0 Å². The van der Waals surface area contributed by atoms with Gasteiger partial charge in [-0.1, -0.05) is 12.1 Å². The summed E-state index contributed by atoms with van der Waals surface area (Å²) in [7, 11) is -3.55. The SMILES string of the molecule is CS(=O)(=O)c1ncc(C(=O)N2CCc3c(cccc3Nc3ccc(C(F)(F)F)cc3)C2)[nH]1. The van der Waals surface area contributed by atoms with E-state index in [0.29, 0.717) is 25.2 Å². The van der Waals surface area contributed by atoms with Gasteiger partial charge in [-0.15, -0.1) is 0 Å². The van der Waals surface area contributed by atoms with E-state index in [1.807, 2.05) is 12.1 Å². The van der Waals surface area contributed by atoms with Crippen LogP contribution in [0.5, 0.6) is 0 Å². The molecule has 0 saturated heterocycles. The minimum atomic E-state index is -4.39. The molecule has 0 radical (unpaired) electrons. The first-order valence-corrected chi connectivity index (χ1v) is 11.5. The van der Waals surface area contributed by atoms with E-state index in [1.165, 1.54) is 18.3 Å². The van der Waals surface area contributed by atoms with Crippen molar-refractivity contribution in [2.45, 2.75) is 24.3 Å². The van der Waals surface area contributed by atoms with Crippen molar-refractivity contribution in [2.75, 3.05) is 18.1 Å². The summed E-state index contributed by atoms with van der Waals surface area (Å²) in [6.07, 6.45) is -1.66. The molecule has 2 aromatic carbocycles. The number of imidazole rings is 1.